The second kappa shape index (κ2) is 4.84. The summed E-state index contributed by atoms with van der Waals surface area (Å²) in [5.74, 6) is 0.447. The van der Waals surface area contributed by atoms with Gasteiger partial charge in [-0.25, -0.2) is 0 Å². The number of amides is 1. The number of aromatic nitrogens is 1. The predicted molar refractivity (Wildman–Crippen MR) is 57.6 cm³/mol. The number of hydrogen-bond donors (Lipinski definition) is 0. The van der Waals surface area contributed by atoms with E-state index >= 15 is 0 Å². The second-order valence-electron chi connectivity index (χ2n) is 3.71. The Labute approximate surface area is 98.3 Å². The van der Waals surface area contributed by atoms with Gasteiger partial charge in [-0.2, -0.15) is 0 Å². The molecule has 88 valence electrons. The molecule has 2 heterocycles. The summed E-state index contributed by atoms with van der Waals surface area (Å²) in [4.78, 5) is 13.7. The Morgan fingerprint density at radius 1 is 1.75 bits per heavy atom. The van der Waals surface area contributed by atoms with Crippen molar-refractivity contribution in [2.45, 2.75) is 13.0 Å². The van der Waals surface area contributed by atoms with Crippen LogP contribution >= 0.6 is 11.6 Å². The van der Waals surface area contributed by atoms with E-state index in [-0.39, 0.29) is 17.7 Å². The second-order valence-corrected chi connectivity index (χ2v) is 4.02. The molecule has 1 aromatic rings. The Bertz CT molecular complexity index is 380. The minimum absolute atomic E-state index is 0.0895. The summed E-state index contributed by atoms with van der Waals surface area (Å²) in [5.41, 5.74) is 0.694. The molecule has 1 fully saturated rings. The molecule has 0 aromatic carbocycles. The van der Waals surface area contributed by atoms with Crippen molar-refractivity contribution in [3.05, 3.63) is 17.5 Å². The number of carbonyl (C=O) groups is 1. The van der Waals surface area contributed by atoms with Crippen LogP contribution in [0.2, 0.25) is 0 Å². The van der Waals surface area contributed by atoms with E-state index in [9.17, 15) is 4.79 Å². The topological polar surface area (TPSA) is 55.6 Å². The molecule has 0 spiro atoms. The Morgan fingerprint density at radius 3 is 3.19 bits per heavy atom. The number of halogens is 1. The maximum Gasteiger partial charge on any atom is 0.292 e. The summed E-state index contributed by atoms with van der Waals surface area (Å²) in [6.45, 7) is 3.32. The molecule has 0 bridgehead atoms. The molecule has 1 atom stereocenters. The van der Waals surface area contributed by atoms with Crippen molar-refractivity contribution in [2.75, 3.05) is 25.6 Å². The molecule has 1 unspecified atom stereocenters. The molecule has 5 nitrogen and oxygen atoms in total. The van der Waals surface area contributed by atoms with Crippen molar-refractivity contribution in [1.82, 2.24) is 10.1 Å². The molecule has 0 saturated carbocycles. The van der Waals surface area contributed by atoms with E-state index in [0.717, 1.165) is 0 Å². The van der Waals surface area contributed by atoms with Gasteiger partial charge in [-0.3, -0.25) is 4.79 Å². The molecular formula is C10H13ClN2O3. The van der Waals surface area contributed by atoms with Gasteiger partial charge in [-0.05, 0) is 6.92 Å². The maximum atomic E-state index is 12.1. The molecule has 1 aromatic heterocycles. The Balaban J connectivity index is 2.13. The van der Waals surface area contributed by atoms with E-state index in [0.29, 0.717) is 31.3 Å². The molecule has 0 radical (unpaired) electrons. The zero-order valence-corrected chi connectivity index (χ0v) is 9.74. The van der Waals surface area contributed by atoms with Gasteiger partial charge in [0.05, 0.1) is 24.9 Å². The van der Waals surface area contributed by atoms with Crippen LogP contribution in [0.15, 0.2) is 10.6 Å². The van der Waals surface area contributed by atoms with E-state index in [2.05, 4.69) is 5.16 Å². The largest absolute Gasteiger partial charge is 0.377 e. The molecule has 16 heavy (non-hydrogen) atoms. The Kier molecular flexibility index (Phi) is 3.46. The SMILES string of the molecule is Cc1cc(C(=O)N2CCOCC2CCl)on1. The standard InChI is InChI=1S/C10H13ClN2O3/c1-7-4-9(16-12-7)10(14)13-2-3-15-6-8(13)5-11/h4,8H,2-3,5-6H2,1H3. The number of rotatable bonds is 2. The van der Waals surface area contributed by atoms with Crippen molar-refractivity contribution in [1.29, 1.82) is 0 Å². The number of carbonyl (C=O) groups excluding carboxylic acids is 1. The number of hydrogen-bond acceptors (Lipinski definition) is 4. The summed E-state index contributed by atoms with van der Waals surface area (Å²) >= 11 is 5.79. The lowest BCUT2D eigenvalue weighted by Gasteiger charge is -2.33. The van der Waals surface area contributed by atoms with E-state index in [1.165, 1.54) is 0 Å². The average molecular weight is 245 g/mol. The molecule has 1 amide bonds. The van der Waals surface area contributed by atoms with Crippen LogP contribution in [0.1, 0.15) is 16.2 Å². The first-order valence-corrected chi connectivity index (χ1v) is 5.64. The zero-order valence-electron chi connectivity index (χ0n) is 8.98. The van der Waals surface area contributed by atoms with Gasteiger partial charge in [-0.15, -0.1) is 11.6 Å². The van der Waals surface area contributed by atoms with E-state index < -0.39 is 0 Å². The summed E-state index contributed by atoms with van der Waals surface area (Å²) in [6, 6.07) is 1.54. The monoisotopic (exact) mass is 244 g/mol. The molecule has 0 N–H and O–H groups in total. The van der Waals surface area contributed by atoms with Crippen molar-refractivity contribution >= 4 is 17.5 Å². The van der Waals surface area contributed by atoms with Gasteiger partial charge < -0.3 is 14.2 Å². The first-order valence-electron chi connectivity index (χ1n) is 5.10. The normalized spacial score (nSPS) is 21.1. The highest BCUT2D eigenvalue weighted by Crippen LogP contribution is 2.14. The fraction of sp³-hybridized carbons (Fsp3) is 0.600. The lowest BCUT2D eigenvalue weighted by molar-refractivity contribution is 0.00250. The van der Waals surface area contributed by atoms with Crippen LogP contribution in [-0.4, -0.2) is 47.6 Å². The third-order valence-corrected chi connectivity index (χ3v) is 2.86. The van der Waals surface area contributed by atoms with Gasteiger partial charge in [0.2, 0.25) is 5.76 Å². The Morgan fingerprint density at radius 2 is 2.56 bits per heavy atom. The average Bonchev–Trinajstić information content (AvgIpc) is 2.75. The maximum absolute atomic E-state index is 12.1. The Hall–Kier alpha value is -1.07. The number of ether oxygens (including phenoxy) is 1. The van der Waals surface area contributed by atoms with E-state index in [1.807, 2.05) is 0 Å². The van der Waals surface area contributed by atoms with Crippen LogP contribution in [-0.2, 0) is 4.74 Å². The fourth-order valence-corrected chi connectivity index (χ4v) is 1.91. The quantitative estimate of drug-likeness (QED) is 0.730. The first-order chi connectivity index (χ1) is 7.72. The van der Waals surface area contributed by atoms with Gasteiger partial charge in [0.1, 0.15) is 0 Å². The van der Waals surface area contributed by atoms with Gasteiger partial charge in [-0.1, -0.05) is 5.16 Å². The summed E-state index contributed by atoms with van der Waals surface area (Å²) in [7, 11) is 0. The van der Waals surface area contributed by atoms with Gasteiger partial charge in [0.15, 0.2) is 0 Å². The van der Waals surface area contributed by atoms with E-state index in [4.69, 9.17) is 20.9 Å². The molecule has 1 saturated heterocycles. The van der Waals surface area contributed by atoms with Crippen molar-refractivity contribution in [3.63, 3.8) is 0 Å². The third kappa shape index (κ3) is 2.20. The zero-order chi connectivity index (χ0) is 11.5. The molecule has 1 aliphatic rings. The molecule has 2 rings (SSSR count). The van der Waals surface area contributed by atoms with Crippen LogP contribution < -0.4 is 0 Å². The predicted octanol–water partition coefficient (Wildman–Crippen LogP) is 1.06. The minimum Gasteiger partial charge on any atom is -0.377 e. The van der Waals surface area contributed by atoms with Gasteiger partial charge >= 0.3 is 0 Å². The van der Waals surface area contributed by atoms with Crippen molar-refractivity contribution in [3.8, 4) is 0 Å². The lowest BCUT2D eigenvalue weighted by atomic mass is 10.2. The van der Waals surface area contributed by atoms with E-state index in [1.54, 1.807) is 17.9 Å². The lowest BCUT2D eigenvalue weighted by Crippen LogP contribution is -2.49. The summed E-state index contributed by atoms with van der Waals surface area (Å²) < 4.78 is 10.2. The van der Waals surface area contributed by atoms with Crippen LogP contribution in [0.4, 0.5) is 0 Å². The molecule has 6 heteroatoms. The highest BCUT2D eigenvalue weighted by Gasteiger charge is 2.29. The van der Waals surface area contributed by atoms with Crippen LogP contribution in [0, 0.1) is 6.92 Å². The minimum atomic E-state index is -0.172. The summed E-state index contributed by atoms with van der Waals surface area (Å²) in [6.07, 6.45) is 0. The van der Waals surface area contributed by atoms with Crippen molar-refractivity contribution in [2.24, 2.45) is 0 Å². The van der Waals surface area contributed by atoms with Crippen LogP contribution in [0.5, 0.6) is 0 Å². The summed E-state index contributed by atoms with van der Waals surface area (Å²) in [5, 5.41) is 3.70. The number of morpholine rings is 1. The fourth-order valence-electron chi connectivity index (χ4n) is 1.66. The van der Waals surface area contributed by atoms with Crippen LogP contribution in [0.25, 0.3) is 0 Å². The smallest absolute Gasteiger partial charge is 0.292 e. The first kappa shape index (κ1) is 11.4. The molecule has 0 aliphatic carbocycles. The van der Waals surface area contributed by atoms with Crippen LogP contribution in [0.3, 0.4) is 0 Å². The molecular weight excluding hydrogens is 232 g/mol. The number of aryl methyl sites for hydroxylation is 1. The third-order valence-electron chi connectivity index (χ3n) is 2.51. The highest BCUT2D eigenvalue weighted by atomic mass is 35.5. The molecule has 1 aliphatic heterocycles. The van der Waals surface area contributed by atoms with Gasteiger partial charge in [0.25, 0.3) is 5.91 Å². The number of alkyl halides is 1. The van der Waals surface area contributed by atoms with Crippen molar-refractivity contribution < 1.29 is 14.1 Å². The van der Waals surface area contributed by atoms with Gasteiger partial charge in [0, 0.05) is 18.5 Å². The number of nitrogens with zero attached hydrogens (tertiary/aromatic N) is 2. The highest BCUT2D eigenvalue weighted by molar-refractivity contribution is 6.18.